The number of carbonyl (C=O) groups excluding carboxylic acids is 1. The Balaban J connectivity index is 0.00000180. The van der Waals surface area contributed by atoms with Crippen molar-refractivity contribution in [2.75, 3.05) is 13.1 Å². The van der Waals surface area contributed by atoms with E-state index in [1.54, 1.807) is 0 Å². The van der Waals surface area contributed by atoms with E-state index in [9.17, 15) is 13.6 Å². The summed E-state index contributed by atoms with van der Waals surface area (Å²) in [5, 5.41) is 5.78. The number of carbonyl (C=O) groups is 1. The minimum Gasteiger partial charge on any atom is -0.351 e. The zero-order valence-corrected chi connectivity index (χ0v) is 11.4. The molecule has 1 saturated heterocycles. The first-order valence-electron chi connectivity index (χ1n) is 5.94. The van der Waals surface area contributed by atoms with Crippen LogP contribution in [0.4, 0.5) is 8.78 Å². The fourth-order valence-corrected chi connectivity index (χ4v) is 2.08. The lowest BCUT2D eigenvalue weighted by Gasteiger charge is -2.21. The van der Waals surface area contributed by atoms with Crippen LogP contribution in [0.25, 0.3) is 0 Å². The lowest BCUT2D eigenvalue weighted by Crippen LogP contribution is -2.40. The molecule has 1 atom stereocenters. The highest BCUT2D eigenvalue weighted by molar-refractivity contribution is 5.85. The molecule has 0 radical (unpaired) electrons. The fraction of sp³-hybridized carbons (Fsp3) is 0.462. The van der Waals surface area contributed by atoms with Crippen LogP contribution in [0.15, 0.2) is 18.2 Å². The van der Waals surface area contributed by atoms with Gasteiger partial charge < -0.3 is 10.6 Å². The zero-order valence-electron chi connectivity index (χ0n) is 10.6. The summed E-state index contributed by atoms with van der Waals surface area (Å²) in [4.78, 5) is 12.0. The zero-order chi connectivity index (χ0) is 13.2. The summed E-state index contributed by atoms with van der Waals surface area (Å²) in [6.07, 6.45) is 0.754. The largest absolute Gasteiger partial charge is 0.351 e. The average molecular weight is 291 g/mol. The summed E-state index contributed by atoms with van der Waals surface area (Å²) in [5.74, 6) is -1.14. The number of hydrogen-bond acceptors (Lipinski definition) is 2. The highest BCUT2D eigenvalue weighted by Gasteiger charge is 2.35. The lowest BCUT2D eigenvalue weighted by molar-refractivity contribution is -0.129. The maximum atomic E-state index is 13.4. The molecule has 0 saturated carbocycles. The predicted molar refractivity (Wildman–Crippen MR) is 71.0 cm³/mol. The SMILES string of the molecule is CC1(C(=O)NCc2cc(F)ccc2F)CCNC1.Cl. The molecule has 19 heavy (non-hydrogen) atoms. The van der Waals surface area contributed by atoms with E-state index in [1.807, 2.05) is 6.92 Å². The van der Waals surface area contributed by atoms with Crippen LogP contribution in [0.1, 0.15) is 18.9 Å². The molecular weight excluding hydrogens is 274 g/mol. The second kappa shape index (κ2) is 6.30. The van der Waals surface area contributed by atoms with Gasteiger partial charge in [0.15, 0.2) is 0 Å². The van der Waals surface area contributed by atoms with Gasteiger partial charge in [-0.1, -0.05) is 0 Å². The van der Waals surface area contributed by atoms with E-state index >= 15 is 0 Å². The van der Waals surface area contributed by atoms with Crippen LogP contribution in [0.5, 0.6) is 0 Å². The van der Waals surface area contributed by atoms with E-state index in [-0.39, 0.29) is 30.4 Å². The Bertz CT molecular complexity index is 462. The molecule has 0 bridgehead atoms. The molecule has 0 spiro atoms. The van der Waals surface area contributed by atoms with Crippen molar-refractivity contribution in [3.05, 3.63) is 35.4 Å². The van der Waals surface area contributed by atoms with Crippen molar-refractivity contribution in [2.24, 2.45) is 5.41 Å². The first-order chi connectivity index (χ1) is 8.51. The Kier molecular flexibility index (Phi) is 5.26. The fourth-order valence-electron chi connectivity index (χ4n) is 2.08. The van der Waals surface area contributed by atoms with Crippen molar-refractivity contribution < 1.29 is 13.6 Å². The minimum absolute atomic E-state index is 0. The third kappa shape index (κ3) is 3.64. The molecule has 1 aromatic carbocycles. The number of hydrogen-bond donors (Lipinski definition) is 2. The Morgan fingerprint density at radius 3 is 2.84 bits per heavy atom. The molecule has 3 nitrogen and oxygen atoms in total. The Morgan fingerprint density at radius 2 is 2.21 bits per heavy atom. The van der Waals surface area contributed by atoms with Gasteiger partial charge in [0.2, 0.25) is 5.91 Å². The normalized spacial score (nSPS) is 21.8. The number of nitrogens with one attached hydrogen (secondary N) is 2. The molecule has 2 N–H and O–H groups in total. The highest BCUT2D eigenvalue weighted by Crippen LogP contribution is 2.24. The van der Waals surface area contributed by atoms with Gasteiger partial charge in [0, 0.05) is 18.7 Å². The summed E-state index contributed by atoms with van der Waals surface area (Å²) < 4.78 is 26.3. The van der Waals surface area contributed by atoms with E-state index in [0.717, 1.165) is 31.2 Å². The van der Waals surface area contributed by atoms with Crippen molar-refractivity contribution in [3.63, 3.8) is 0 Å². The Morgan fingerprint density at radius 1 is 1.47 bits per heavy atom. The molecule has 106 valence electrons. The molecule has 1 unspecified atom stereocenters. The molecule has 1 aliphatic heterocycles. The van der Waals surface area contributed by atoms with Gasteiger partial charge in [-0.15, -0.1) is 12.4 Å². The van der Waals surface area contributed by atoms with Crippen molar-refractivity contribution in [1.82, 2.24) is 10.6 Å². The van der Waals surface area contributed by atoms with Crippen LogP contribution in [-0.2, 0) is 11.3 Å². The van der Waals surface area contributed by atoms with E-state index in [1.165, 1.54) is 0 Å². The van der Waals surface area contributed by atoms with Gasteiger partial charge in [0.05, 0.1) is 5.41 Å². The monoisotopic (exact) mass is 290 g/mol. The van der Waals surface area contributed by atoms with E-state index in [4.69, 9.17) is 0 Å². The number of benzene rings is 1. The molecule has 1 fully saturated rings. The maximum absolute atomic E-state index is 13.4. The first-order valence-corrected chi connectivity index (χ1v) is 5.94. The third-order valence-corrected chi connectivity index (χ3v) is 3.36. The van der Waals surface area contributed by atoms with Gasteiger partial charge >= 0.3 is 0 Å². The number of halogens is 3. The second-order valence-corrected chi connectivity index (χ2v) is 4.91. The van der Waals surface area contributed by atoms with Crippen molar-refractivity contribution in [1.29, 1.82) is 0 Å². The lowest BCUT2D eigenvalue weighted by atomic mass is 9.89. The van der Waals surface area contributed by atoms with Crippen molar-refractivity contribution in [2.45, 2.75) is 19.9 Å². The van der Waals surface area contributed by atoms with Gasteiger partial charge in [-0.3, -0.25) is 4.79 Å². The third-order valence-electron chi connectivity index (χ3n) is 3.36. The van der Waals surface area contributed by atoms with Crippen LogP contribution in [0.3, 0.4) is 0 Å². The summed E-state index contributed by atoms with van der Waals surface area (Å²) in [5.41, 5.74) is -0.290. The molecule has 1 heterocycles. The van der Waals surface area contributed by atoms with Gasteiger partial charge in [-0.25, -0.2) is 8.78 Å². The number of rotatable bonds is 3. The summed E-state index contributed by atoms with van der Waals surface area (Å²) in [6.45, 7) is 3.30. The molecule has 1 aliphatic rings. The topological polar surface area (TPSA) is 41.1 Å². The van der Waals surface area contributed by atoms with Crippen LogP contribution in [-0.4, -0.2) is 19.0 Å². The molecule has 6 heteroatoms. The molecule has 0 aliphatic carbocycles. The molecule has 1 aromatic rings. The predicted octanol–water partition coefficient (Wildman–Crippen LogP) is 2.00. The molecule has 0 aromatic heterocycles. The standard InChI is InChI=1S/C13H16F2N2O.ClH/c1-13(4-5-16-8-13)12(18)17-7-9-6-10(14)2-3-11(9)15;/h2-3,6,16H,4-5,7-8H2,1H3,(H,17,18);1H. The smallest absolute Gasteiger partial charge is 0.227 e. The van der Waals surface area contributed by atoms with Crippen molar-refractivity contribution in [3.8, 4) is 0 Å². The van der Waals surface area contributed by atoms with E-state index in [2.05, 4.69) is 10.6 Å². The van der Waals surface area contributed by atoms with E-state index < -0.39 is 17.0 Å². The molecular formula is C13H17ClF2N2O. The van der Waals surface area contributed by atoms with E-state index in [0.29, 0.717) is 6.54 Å². The van der Waals surface area contributed by atoms with Crippen molar-refractivity contribution >= 4 is 18.3 Å². The first kappa shape index (κ1) is 15.9. The van der Waals surface area contributed by atoms with Gasteiger partial charge in [0.25, 0.3) is 0 Å². The summed E-state index contributed by atoms with van der Waals surface area (Å²) >= 11 is 0. The molecule has 2 rings (SSSR count). The average Bonchev–Trinajstić information content (AvgIpc) is 2.78. The van der Waals surface area contributed by atoms with Crippen LogP contribution >= 0.6 is 12.4 Å². The van der Waals surface area contributed by atoms with Gasteiger partial charge in [-0.05, 0) is 38.1 Å². The van der Waals surface area contributed by atoms with Gasteiger partial charge in [-0.2, -0.15) is 0 Å². The maximum Gasteiger partial charge on any atom is 0.227 e. The quantitative estimate of drug-likeness (QED) is 0.894. The van der Waals surface area contributed by atoms with Crippen LogP contribution in [0.2, 0.25) is 0 Å². The second-order valence-electron chi connectivity index (χ2n) is 4.91. The summed E-state index contributed by atoms with van der Waals surface area (Å²) in [6, 6.07) is 3.23. The van der Waals surface area contributed by atoms with Crippen LogP contribution < -0.4 is 10.6 Å². The van der Waals surface area contributed by atoms with Gasteiger partial charge in [0.1, 0.15) is 11.6 Å². The Hall–Kier alpha value is -1.20. The minimum atomic E-state index is -0.508. The Labute approximate surface area is 117 Å². The highest BCUT2D eigenvalue weighted by atomic mass is 35.5. The summed E-state index contributed by atoms with van der Waals surface area (Å²) in [7, 11) is 0. The number of amides is 1. The molecule has 1 amide bonds. The van der Waals surface area contributed by atoms with Crippen LogP contribution in [0, 0.1) is 17.0 Å².